The number of carboxylic acid groups (broad SMARTS) is 1. The van der Waals surface area contributed by atoms with Crippen molar-refractivity contribution in [2.24, 2.45) is 0 Å². The van der Waals surface area contributed by atoms with Crippen LogP contribution < -0.4 is 5.32 Å². The number of aliphatic carboxylic acids is 1. The van der Waals surface area contributed by atoms with Gasteiger partial charge in [-0.15, -0.1) is 0 Å². The molecule has 0 heterocycles. The second-order valence-electron chi connectivity index (χ2n) is 2.84. The minimum Gasteiger partial charge on any atom is -0.474 e. The van der Waals surface area contributed by atoms with Crippen molar-refractivity contribution in [3.8, 4) is 0 Å². The fraction of sp³-hybridized carbons (Fsp3) is 0.111. The van der Waals surface area contributed by atoms with Crippen molar-refractivity contribution in [3.05, 3.63) is 29.8 Å². The fourth-order valence-electron chi connectivity index (χ4n) is 0.958. The average molecular weight is 233 g/mol. The molecule has 0 saturated carbocycles. The van der Waals surface area contributed by atoms with E-state index in [1.807, 2.05) is 5.32 Å². The topological polar surface area (TPSA) is 66.4 Å². The van der Waals surface area contributed by atoms with Crippen LogP contribution in [0.2, 0.25) is 0 Å². The molecule has 0 radical (unpaired) electrons. The van der Waals surface area contributed by atoms with E-state index in [0.717, 1.165) is 18.2 Å². The number of nitrogens with one attached hydrogen (secondary N) is 1. The van der Waals surface area contributed by atoms with Gasteiger partial charge in [-0.3, -0.25) is 4.79 Å². The predicted molar refractivity (Wildman–Crippen MR) is 47.7 cm³/mol. The molecular weight excluding hydrogens is 227 g/mol. The molecule has 1 rings (SSSR count). The van der Waals surface area contributed by atoms with E-state index in [4.69, 9.17) is 5.11 Å². The summed E-state index contributed by atoms with van der Waals surface area (Å²) in [5.41, 5.74) is -1.18. The summed E-state index contributed by atoms with van der Waals surface area (Å²) in [4.78, 5) is 20.8. The van der Waals surface area contributed by atoms with E-state index < -0.39 is 23.6 Å². The molecule has 16 heavy (non-hydrogen) atoms. The van der Waals surface area contributed by atoms with E-state index >= 15 is 0 Å². The van der Waals surface area contributed by atoms with Crippen LogP contribution in [0, 0.1) is 0 Å². The Balaban J connectivity index is 2.92. The lowest BCUT2D eigenvalue weighted by atomic mass is 10.2. The maximum Gasteiger partial charge on any atom is 0.416 e. The van der Waals surface area contributed by atoms with Crippen molar-refractivity contribution in [2.75, 3.05) is 5.32 Å². The normalized spacial score (nSPS) is 10.9. The zero-order valence-corrected chi connectivity index (χ0v) is 7.71. The van der Waals surface area contributed by atoms with Gasteiger partial charge in [-0.05, 0) is 18.2 Å². The summed E-state index contributed by atoms with van der Waals surface area (Å²) in [6, 6.07) is 3.70. The number of anilines is 1. The van der Waals surface area contributed by atoms with Crippen LogP contribution in [0.3, 0.4) is 0 Å². The molecule has 2 N–H and O–H groups in total. The maximum atomic E-state index is 12.2. The summed E-state index contributed by atoms with van der Waals surface area (Å²) < 4.78 is 36.7. The van der Waals surface area contributed by atoms with Gasteiger partial charge in [-0.25, -0.2) is 4.79 Å². The molecule has 0 aliphatic heterocycles. The van der Waals surface area contributed by atoms with Crippen LogP contribution in [-0.2, 0) is 15.8 Å². The molecule has 7 heteroatoms. The smallest absolute Gasteiger partial charge is 0.416 e. The number of hydrogen-bond donors (Lipinski definition) is 2. The third kappa shape index (κ3) is 2.97. The molecule has 1 aromatic rings. The summed E-state index contributed by atoms with van der Waals surface area (Å²) in [5.74, 6) is -3.16. The van der Waals surface area contributed by atoms with Gasteiger partial charge in [0, 0.05) is 5.69 Å². The van der Waals surface area contributed by atoms with Gasteiger partial charge in [0.25, 0.3) is 0 Å². The number of carbonyl (C=O) groups excluding carboxylic acids is 1. The minimum absolute atomic E-state index is 0.220. The molecule has 1 aromatic carbocycles. The van der Waals surface area contributed by atoms with Gasteiger partial charge in [0.05, 0.1) is 5.56 Å². The third-order valence-corrected chi connectivity index (χ3v) is 1.64. The molecule has 0 saturated heterocycles. The molecule has 0 aromatic heterocycles. The zero-order chi connectivity index (χ0) is 12.3. The lowest BCUT2D eigenvalue weighted by molar-refractivity contribution is -0.147. The van der Waals surface area contributed by atoms with E-state index in [1.165, 1.54) is 0 Å². The summed E-state index contributed by atoms with van der Waals surface area (Å²) in [6.45, 7) is 0. The van der Waals surface area contributed by atoms with Gasteiger partial charge in [-0.2, -0.15) is 13.2 Å². The Morgan fingerprint density at radius 2 is 1.88 bits per heavy atom. The zero-order valence-electron chi connectivity index (χ0n) is 7.71. The third-order valence-electron chi connectivity index (χ3n) is 1.64. The first-order valence-corrected chi connectivity index (χ1v) is 4.02. The predicted octanol–water partition coefficient (Wildman–Crippen LogP) is 1.73. The van der Waals surface area contributed by atoms with Gasteiger partial charge in [0.1, 0.15) is 0 Å². The summed E-state index contributed by atoms with van der Waals surface area (Å²) in [6.07, 6.45) is -4.54. The summed E-state index contributed by atoms with van der Waals surface area (Å²) >= 11 is 0. The monoisotopic (exact) mass is 233 g/mol. The Morgan fingerprint density at radius 1 is 1.25 bits per heavy atom. The fourth-order valence-corrected chi connectivity index (χ4v) is 0.958. The van der Waals surface area contributed by atoms with Gasteiger partial charge >= 0.3 is 18.1 Å². The van der Waals surface area contributed by atoms with Crippen molar-refractivity contribution in [1.29, 1.82) is 0 Å². The van der Waals surface area contributed by atoms with Crippen LogP contribution >= 0.6 is 0 Å². The average Bonchev–Trinajstić information content (AvgIpc) is 2.16. The van der Waals surface area contributed by atoms with Crippen molar-refractivity contribution < 1.29 is 27.9 Å². The van der Waals surface area contributed by atoms with Gasteiger partial charge < -0.3 is 10.4 Å². The number of carbonyl (C=O) groups is 2. The molecule has 86 valence electrons. The highest BCUT2D eigenvalue weighted by Crippen LogP contribution is 2.30. The van der Waals surface area contributed by atoms with E-state index in [-0.39, 0.29) is 5.69 Å². The van der Waals surface area contributed by atoms with Crippen molar-refractivity contribution >= 4 is 17.6 Å². The largest absolute Gasteiger partial charge is 0.474 e. The second kappa shape index (κ2) is 4.21. The number of hydrogen-bond acceptors (Lipinski definition) is 2. The standard InChI is InChI=1S/C9H6F3NO3/c10-9(11,12)5-2-1-3-6(4-5)13-7(14)8(15)16/h1-4H,(H,13,14)(H,15,16). The number of amides is 1. The molecular formula is C9H6F3NO3. The van der Waals surface area contributed by atoms with Crippen LogP contribution in [0.25, 0.3) is 0 Å². The molecule has 0 aliphatic carbocycles. The van der Waals surface area contributed by atoms with E-state index in [1.54, 1.807) is 0 Å². The van der Waals surface area contributed by atoms with Crippen LogP contribution in [0.15, 0.2) is 24.3 Å². The van der Waals surface area contributed by atoms with Crippen molar-refractivity contribution in [3.63, 3.8) is 0 Å². The Morgan fingerprint density at radius 3 is 2.38 bits per heavy atom. The molecule has 0 aliphatic rings. The highest BCUT2D eigenvalue weighted by Gasteiger charge is 2.30. The Kier molecular flexibility index (Phi) is 3.17. The highest BCUT2D eigenvalue weighted by molar-refractivity contribution is 6.36. The lowest BCUT2D eigenvalue weighted by Gasteiger charge is -2.08. The highest BCUT2D eigenvalue weighted by atomic mass is 19.4. The Bertz CT molecular complexity index is 428. The summed E-state index contributed by atoms with van der Waals surface area (Å²) in [7, 11) is 0. The first-order valence-electron chi connectivity index (χ1n) is 4.02. The first kappa shape index (κ1) is 12.0. The van der Waals surface area contributed by atoms with Crippen LogP contribution in [0.4, 0.5) is 18.9 Å². The van der Waals surface area contributed by atoms with E-state index in [9.17, 15) is 22.8 Å². The molecule has 0 spiro atoms. The minimum atomic E-state index is -4.54. The number of alkyl halides is 3. The number of carboxylic acids is 1. The molecule has 0 bridgehead atoms. The van der Waals surface area contributed by atoms with E-state index in [0.29, 0.717) is 6.07 Å². The number of halogens is 3. The molecule has 4 nitrogen and oxygen atoms in total. The molecule has 0 fully saturated rings. The quantitative estimate of drug-likeness (QED) is 0.726. The van der Waals surface area contributed by atoms with Gasteiger partial charge in [-0.1, -0.05) is 6.07 Å². The van der Waals surface area contributed by atoms with Gasteiger partial charge in [0.15, 0.2) is 0 Å². The maximum absolute atomic E-state index is 12.2. The van der Waals surface area contributed by atoms with Gasteiger partial charge in [0.2, 0.25) is 0 Å². The van der Waals surface area contributed by atoms with Crippen LogP contribution in [0.5, 0.6) is 0 Å². The molecule has 1 amide bonds. The SMILES string of the molecule is O=C(O)C(=O)Nc1cccc(C(F)(F)F)c1. The Labute approximate surface area is 87.7 Å². The Hall–Kier alpha value is -2.05. The van der Waals surface area contributed by atoms with Crippen molar-refractivity contribution in [1.82, 2.24) is 0 Å². The summed E-state index contributed by atoms with van der Waals surface area (Å²) in [5, 5.41) is 10.1. The number of benzene rings is 1. The first-order chi connectivity index (χ1) is 7.30. The molecule has 0 atom stereocenters. The lowest BCUT2D eigenvalue weighted by Crippen LogP contribution is -2.22. The van der Waals surface area contributed by atoms with Crippen LogP contribution in [0.1, 0.15) is 5.56 Å². The van der Waals surface area contributed by atoms with Crippen molar-refractivity contribution in [2.45, 2.75) is 6.18 Å². The second-order valence-corrected chi connectivity index (χ2v) is 2.84. The van der Waals surface area contributed by atoms with Crippen LogP contribution in [-0.4, -0.2) is 17.0 Å². The molecule has 0 unspecified atom stereocenters. The number of rotatable bonds is 1. The van der Waals surface area contributed by atoms with E-state index in [2.05, 4.69) is 0 Å².